The zero-order valence-corrected chi connectivity index (χ0v) is 8.32. The number of amides is 1. The number of likely N-dealkylation sites (tertiary alicyclic amines) is 1. The van der Waals surface area contributed by atoms with Crippen LogP contribution in [0.3, 0.4) is 0 Å². The lowest BCUT2D eigenvalue weighted by Crippen LogP contribution is -2.37. The third-order valence-corrected chi connectivity index (χ3v) is 2.32. The smallest absolute Gasteiger partial charge is 0.317 e. The van der Waals surface area contributed by atoms with Crippen LogP contribution in [0, 0.1) is 0 Å². The van der Waals surface area contributed by atoms with Crippen LogP contribution in [0.4, 0.5) is 0 Å². The first-order chi connectivity index (χ1) is 6.61. The van der Waals surface area contributed by atoms with Crippen LogP contribution in [0.1, 0.15) is 19.8 Å². The Morgan fingerprint density at radius 2 is 2.29 bits per heavy atom. The van der Waals surface area contributed by atoms with Crippen molar-refractivity contribution in [2.24, 2.45) is 0 Å². The second-order valence-electron chi connectivity index (χ2n) is 3.54. The largest absolute Gasteiger partial charge is 0.480 e. The molecule has 0 spiro atoms. The van der Waals surface area contributed by atoms with Gasteiger partial charge in [-0.2, -0.15) is 0 Å². The highest BCUT2D eigenvalue weighted by molar-refractivity contribution is 5.75. The summed E-state index contributed by atoms with van der Waals surface area (Å²) in [5, 5.41) is 11.4. The van der Waals surface area contributed by atoms with Crippen molar-refractivity contribution in [2.45, 2.75) is 25.8 Å². The van der Waals surface area contributed by atoms with Crippen LogP contribution >= 0.6 is 0 Å². The summed E-state index contributed by atoms with van der Waals surface area (Å²) >= 11 is 0. The van der Waals surface area contributed by atoms with E-state index in [1.54, 1.807) is 6.92 Å². The third-order valence-electron chi connectivity index (χ3n) is 2.32. The predicted octanol–water partition coefficient (Wildman–Crippen LogP) is -0.328. The Morgan fingerprint density at radius 1 is 1.57 bits per heavy atom. The van der Waals surface area contributed by atoms with Crippen molar-refractivity contribution in [1.82, 2.24) is 10.2 Å². The Labute approximate surface area is 83.1 Å². The summed E-state index contributed by atoms with van der Waals surface area (Å²) in [5.74, 6) is -0.778. The van der Waals surface area contributed by atoms with Crippen LogP contribution in [-0.4, -0.2) is 47.6 Å². The molecule has 0 aromatic carbocycles. The highest BCUT2D eigenvalue weighted by atomic mass is 16.4. The number of carbonyl (C=O) groups is 2. The number of rotatable bonds is 4. The summed E-state index contributed by atoms with van der Waals surface area (Å²) in [6.45, 7) is 3.27. The van der Waals surface area contributed by atoms with Gasteiger partial charge in [0.15, 0.2) is 0 Å². The van der Waals surface area contributed by atoms with E-state index >= 15 is 0 Å². The van der Waals surface area contributed by atoms with Crippen LogP contribution in [-0.2, 0) is 9.59 Å². The van der Waals surface area contributed by atoms with Crippen LogP contribution in [0.15, 0.2) is 0 Å². The zero-order chi connectivity index (χ0) is 10.6. The van der Waals surface area contributed by atoms with Crippen molar-refractivity contribution < 1.29 is 14.7 Å². The van der Waals surface area contributed by atoms with Crippen LogP contribution in [0.25, 0.3) is 0 Å². The van der Waals surface area contributed by atoms with E-state index in [9.17, 15) is 9.59 Å². The molecule has 0 aromatic heterocycles. The van der Waals surface area contributed by atoms with Gasteiger partial charge in [0, 0.05) is 25.6 Å². The van der Waals surface area contributed by atoms with E-state index in [0.717, 1.165) is 13.0 Å². The molecule has 0 aliphatic carbocycles. The van der Waals surface area contributed by atoms with Crippen molar-refractivity contribution >= 4 is 11.9 Å². The maximum absolute atomic E-state index is 11.1. The van der Waals surface area contributed by atoms with Gasteiger partial charge in [0.05, 0.1) is 6.54 Å². The Morgan fingerprint density at radius 3 is 2.86 bits per heavy atom. The lowest BCUT2D eigenvalue weighted by Gasteiger charge is -2.13. The van der Waals surface area contributed by atoms with E-state index in [2.05, 4.69) is 5.32 Å². The van der Waals surface area contributed by atoms with Gasteiger partial charge in [-0.25, -0.2) is 0 Å². The van der Waals surface area contributed by atoms with E-state index in [1.165, 1.54) is 0 Å². The number of aliphatic carboxylic acids is 1. The molecule has 5 nitrogen and oxygen atoms in total. The monoisotopic (exact) mass is 200 g/mol. The highest BCUT2D eigenvalue weighted by Crippen LogP contribution is 2.08. The average molecular weight is 200 g/mol. The van der Waals surface area contributed by atoms with Gasteiger partial charge >= 0.3 is 5.97 Å². The molecule has 0 unspecified atom stereocenters. The summed E-state index contributed by atoms with van der Waals surface area (Å²) in [4.78, 5) is 23.3. The minimum atomic E-state index is -0.813. The van der Waals surface area contributed by atoms with Gasteiger partial charge in [0.1, 0.15) is 0 Å². The van der Waals surface area contributed by atoms with Gasteiger partial charge in [-0.1, -0.05) is 6.92 Å². The number of nitrogens with zero attached hydrogens (tertiary/aromatic N) is 1. The minimum absolute atomic E-state index is 0.0344. The quantitative estimate of drug-likeness (QED) is 0.652. The molecule has 0 radical (unpaired) electrons. The van der Waals surface area contributed by atoms with Gasteiger partial charge in [-0.05, 0) is 6.42 Å². The molecular formula is C9H16N2O3. The highest BCUT2D eigenvalue weighted by Gasteiger charge is 2.24. The second-order valence-corrected chi connectivity index (χ2v) is 3.54. The second kappa shape index (κ2) is 4.95. The third kappa shape index (κ3) is 3.33. The molecule has 0 aromatic rings. The van der Waals surface area contributed by atoms with Crippen molar-refractivity contribution in [1.29, 1.82) is 0 Å². The molecule has 1 atom stereocenters. The molecule has 5 heteroatoms. The molecule has 1 heterocycles. The number of hydrogen-bond donors (Lipinski definition) is 2. The first-order valence-electron chi connectivity index (χ1n) is 4.85. The van der Waals surface area contributed by atoms with Gasteiger partial charge in [0.25, 0.3) is 0 Å². The molecule has 1 aliphatic rings. The normalized spacial score (nSPS) is 22.2. The topological polar surface area (TPSA) is 69.6 Å². The van der Waals surface area contributed by atoms with Crippen LogP contribution < -0.4 is 5.32 Å². The summed E-state index contributed by atoms with van der Waals surface area (Å²) in [5.41, 5.74) is 0. The number of hydrogen-bond acceptors (Lipinski definition) is 3. The fourth-order valence-corrected chi connectivity index (χ4v) is 1.62. The number of nitrogens with one attached hydrogen (secondary N) is 1. The first kappa shape index (κ1) is 11.0. The standard InChI is InChI=1S/C9H16N2O3/c1-2-8(12)10-7-3-4-11(5-7)6-9(13)14/h7H,2-6H2,1H3,(H,10,12)(H,13,14)/t7-/m0/s1. The number of carbonyl (C=O) groups excluding carboxylic acids is 1. The lowest BCUT2D eigenvalue weighted by molar-refractivity contribution is -0.138. The molecular weight excluding hydrogens is 184 g/mol. The summed E-state index contributed by atoms with van der Waals surface area (Å²) < 4.78 is 0. The minimum Gasteiger partial charge on any atom is -0.480 e. The molecule has 1 rings (SSSR count). The Hall–Kier alpha value is -1.10. The fraction of sp³-hybridized carbons (Fsp3) is 0.778. The number of carboxylic acids is 1. The van der Waals surface area contributed by atoms with Gasteiger partial charge in [-0.3, -0.25) is 14.5 Å². The average Bonchev–Trinajstić information content (AvgIpc) is 2.51. The van der Waals surface area contributed by atoms with Crippen molar-refractivity contribution in [3.63, 3.8) is 0 Å². The van der Waals surface area contributed by atoms with E-state index < -0.39 is 5.97 Å². The van der Waals surface area contributed by atoms with E-state index in [-0.39, 0.29) is 18.5 Å². The molecule has 1 amide bonds. The molecule has 1 fully saturated rings. The lowest BCUT2D eigenvalue weighted by atomic mass is 10.2. The molecule has 0 bridgehead atoms. The van der Waals surface area contributed by atoms with Gasteiger partial charge in [0.2, 0.25) is 5.91 Å². The van der Waals surface area contributed by atoms with Crippen LogP contribution in [0.5, 0.6) is 0 Å². The van der Waals surface area contributed by atoms with E-state index in [1.807, 2.05) is 4.90 Å². The number of carboxylic acid groups (broad SMARTS) is 1. The Kier molecular flexibility index (Phi) is 3.88. The molecule has 2 N–H and O–H groups in total. The fourth-order valence-electron chi connectivity index (χ4n) is 1.62. The van der Waals surface area contributed by atoms with E-state index in [4.69, 9.17) is 5.11 Å². The van der Waals surface area contributed by atoms with E-state index in [0.29, 0.717) is 13.0 Å². The zero-order valence-electron chi connectivity index (χ0n) is 8.32. The molecule has 1 saturated heterocycles. The molecule has 80 valence electrons. The van der Waals surface area contributed by atoms with Crippen molar-refractivity contribution in [2.75, 3.05) is 19.6 Å². The Bertz CT molecular complexity index is 230. The summed E-state index contributed by atoms with van der Waals surface area (Å²) in [6, 6.07) is 0.127. The first-order valence-corrected chi connectivity index (χ1v) is 4.85. The Balaban J connectivity index is 2.27. The molecule has 14 heavy (non-hydrogen) atoms. The summed E-state index contributed by atoms with van der Waals surface area (Å²) in [7, 11) is 0. The summed E-state index contributed by atoms with van der Waals surface area (Å²) in [6.07, 6.45) is 1.33. The van der Waals surface area contributed by atoms with Crippen molar-refractivity contribution in [3.8, 4) is 0 Å². The van der Waals surface area contributed by atoms with Crippen molar-refractivity contribution in [3.05, 3.63) is 0 Å². The SMILES string of the molecule is CCC(=O)N[C@H]1CCN(CC(=O)O)C1. The van der Waals surface area contributed by atoms with Gasteiger partial charge in [-0.15, -0.1) is 0 Å². The predicted molar refractivity (Wildman–Crippen MR) is 50.9 cm³/mol. The maximum atomic E-state index is 11.1. The molecule has 0 saturated carbocycles. The molecule has 1 aliphatic heterocycles. The maximum Gasteiger partial charge on any atom is 0.317 e. The van der Waals surface area contributed by atoms with Gasteiger partial charge < -0.3 is 10.4 Å². The van der Waals surface area contributed by atoms with Crippen LogP contribution in [0.2, 0.25) is 0 Å².